The van der Waals surface area contributed by atoms with Gasteiger partial charge < -0.3 is 0 Å². The Bertz CT molecular complexity index is 2840. The number of para-hydroxylation sites is 1. The van der Waals surface area contributed by atoms with Crippen LogP contribution in [0.25, 0.3) is 98.4 Å². The number of pyridine rings is 1. The Morgan fingerprint density at radius 3 is 1.61 bits per heavy atom. The summed E-state index contributed by atoms with van der Waals surface area (Å²) in [6.07, 6.45) is 0. The standard InChI is InChI=1S/C46H28N4S/c1-4-14-29(15-5-1)42-36-26-27-39-41(40(36)35-22-10-11-25-38(35)47-42)37-24-13-23-34(43(37)51-39)32-20-12-21-33(28-32)46-49-44(30-16-6-2-7-17-30)48-45(50-46)31-18-8-3-9-19-31/h1-28H. The maximum absolute atomic E-state index is 5.19. The maximum atomic E-state index is 5.19. The SMILES string of the molecule is c1ccc(-c2nc(-c3ccccc3)nc(-c3cccc(-c4cccc5c4sc4ccc6c(-c7ccccc7)nc7ccccc7c6c45)c3)n2)cc1. The summed E-state index contributed by atoms with van der Waals surface area (Å²) in [5.74, 6) is 1.95. The Labute approximate surface area is 298 Å². The van der Waals surface area contributed by atoms with Crippen molar-refractivity contribution >= 4 is 53.2 Å². The highest BCUT2D eigenvalue weighted by atomic mass is 32.1. The van der Waals surface area contributed by atoms with Crippen LogP contribution in [0.1, 0.15) is 0 Å². The smallest absolute Gasteiger partial charge is 0.164 e. The van der Waals surface area contributed by atoms with E-state index < -0.39 is 0 Å². The summed E-state index contributed by atoms with van der Waals surface area (Å²) in [6.45, 7) is 0. The Kier molecular flexibility index (Phi) is 6.96. The van der Waals surface area contributed by atoms with E-state index in [1.165, 1.54) is 36.5 Å². The van der Waals surface area contributed by atoms with Crippen LogP contribution in [-0.2, 0) is 0 Å². The van der Waals surface area contributed by atoms with E-state index in [1.807, 2.05) is 72.0 Å². The van der Waals surface area contributed by atoms with Gasteiger partial charge in [0.15, 0.2) is 17.5 Å². The average molecular weight is 669 g/mol. The molecule has 0 aliphatic carbocycles. The predicted octanol–water partition coefficient (Wildman–Crippen LogP) is 12.3. The molecule has 10 aromatic rings. The van der Waals surface area contributed by atoms with E-state index in [-0.39, 0.29) is 0 Å². The van der Waals surface area contributed by atoms with Crippen LogP contribution < -0.4 is 0 Å². The zero-order chi connectivity index (χ0) is 33.7. The van der Waals surface area contributed by atoms with Crippen molar-refractivity contribution in [2.24, 2.45) is 0 Å². The molecule has 7 aromatic carbocycles. The van der Waals surface area contributed by atoms with Gasteiger partial charge in [0.25, 0.3) is 0 Å². The molecule has 0 aliphatic rings. The molecular weight excluding hydrogens is 641 g/mol. The Morgan fingerprint density at radius 1 is 0.353 bits per heavy atom. The topological polar surface area (TPSA) is 51.6 Å². The molecule has 3 heterocycles. The first kappa shape index (κ1) is 29.4. The van der Waals surface area contributed by atoms with E-state index in [4.69, 9.17) is 19.9 Å². The molecule has 3 aromatic heterocycles. The van der Waals surface area contributed by atoms with E-state index in [0.717, 1.165) is 44.4 Å². The lowest BCUT2D eigenvalue weighted by atomic mass is 9.95. The molecule has 4 nitrogen and oxygen atoms in total. The largest absolute Gasteiger partial charge is 0.247 e. The number of rotatable bonds is 5. The van der Waals surface area contributed by atoms with Gasteiger partial charge in [0.05, 0.1) is 11.2 Å². The van der Waals surface area contributed by atoms with Gasteiger partial charge in [0, 0.05) is 58.6 Å². The van der Waals surface area contributed by atoms with Crippen molar-refractivity contribution in [2.45, 2.75) is 0 Å². The second-order valence-electron chi connectivity index (χ2n) is 12.6. The molecule has 0 saturated heterocycles. The Hall–Kier alpha value is -6.56. The summed E-state index contributed by atoms with van der Waals surface area (Å²) in [4.78, 5) is 20.1. The number of hydrogen-bond donors (Lipinski definition) is 0. The van der Waals surface area contributed by atoms with Crippen molar-refractivity contribution < 1.29 is 0 Å². The van der Waals surface area contributed by atoms with Crippen LogP contribution in [0.5, 0.6) is 0 Å². The predicted molar refractivity (Wildman–Crippen MR) is 213 cm³/mol. The molecule has 0 aliphatic heterocycles. The molecule has 51 heavy (non-hydrogen) atoms. The quantitative estimate of drug-likeness (QED) is 0.171. The fourth-order valence-corrected chi connectivity index (χ4v) is 8.38. The highest BCUT2D eigenvalue weighted by Crippen LogP contribution is 2.46. The van der Waals surface area contributed by atoms with Crippen LogP contribution in [-0.4, -0.2) is 19.9 Å². The van der Waals surface area contributed by atoms with Gasteiger partial charge in [0.2, 0.25) is 0 Å². The second kappa shape index (κ2) is 12.1. The zero-order valence-electron chi connectivity index (χ0n) is 27.4. The fraction of sp³-hybridized carbons (Fsp3) is 0. The zero-order valence-corrected chi connectivity index (χ0v) is 28.2. The molecule has 238 valence electrons. The third kappa shape index (κ3) is 5.06. The van der Waals surface area contributed by atoms with Crippen molar-refractivity contribution in [3.8, 4) is 56.5 Å². The first-order valence-electron chi connectivity index (χ1n) is 17.0. The second-order valence-corrected chi connectivity index (χ2v) is 13.7. The Balaban J connectivity index is 1.17. The third-order valence-electron chi connectivity index (χ3n) is 9.50. The molecule has 0 saturated carbocycles. The summed E-state index contributed by atoms with van der Waals surface area (Å²) in [5, 5.41) is 6.11. The lowest BCUT2D eigenvalue weighted by molar-refractivity contribution is 1.07. The van der Waals surface area contributed by atoms with Gasteiger partial charge in [0.1, 0.15) is 0 Å². The van der Waals surface area contributed by atoms with Gasteiger partial charge in [-0.1, -0.05) is 152 Å². The summed E-state index contributed by atoms with van der Waals surface area (Å²) in [6, 6.07) is 59.0. The van der Waals surface area contributed by atoms with Crippen molar-refractivity contribution in [2.75, 3.05) is 0 Å². The van der Waals surface area contributed by atoms with Crippen LogP contribution in [0.2, 0.25) is 0 Å². The molecule has 0 bridgehead atoms. The van der Waals surface area contributed by atoms with Gasteiger partial charge >= 0.3 is 0 Å². The normalized spacial score (nSPS) is 11.5. The number of fused-ring (bicyclic) bond motifs is 7. The number of nitrogens with zero attached hydrogens (tertiary/aromatic N) is 4. The molecule has 0 fully saturated rings. The van der Waals surface area contributed by atoms with Crippen LogP contribution in [0.4, 0.5) is 0 Å². The summed E-state index contributed by atoms with van der Waals surface area (Å²) in [5.41, 5.74) is 8.29. The summed E-state index contributed by atoms with van der Waals surface area (Å²) in [7, 11) is 0. The van der Waals surface area contributed by atoms with Crippen molar-refractivity contribution in [1.29, 1.82) is 0 Å². The van der Waals surface area contributed by atoms with Crippen molar-refractivity contribution in [3.63, 3.8) is 0 Å². The van der Waals surface area contributed by atoms with E-state index in [9.17, 15) is 0 Å². The minimum absolute atomic E-state index is 0.645. The molecule has 10 rings (SSSR count). The van der Waals surface area contributed by atoms with E-state index in [0.29, 0.717) is 17.5 Å². The van der Waals surface area contributed by atoms with Crippen LogP contribution in [0, 0.1) is 0 Å². The number of thiophene rings is 1. The third-order valence-corrected chi connectivity index (χ3v) is 10.7. The summed E-state index contributed by atoms with van der Waals surface area (Å²) < 4.78 is 2.51. The number of benzene rings is 7. The number of aromatic nitrogens is 4. The first-order valence-corrected chi connectivity index (χ1v) is 17.8. The first-order chi connectivity index (χ1) is 25.3. The monoisotopic (exact) mass is 668 g/mol. The van der Waals surface area contributed by atoms with Crippen LogP contribution >= 0.6 is 11.3 Å². The minimum atomic E-state index is 0.645. The van der Waals surface area contributed by atoms with E-state index in [1.54, 1.807) is 0 Å². The molecule has 5 heteroatoms. The Morgan fingerprint density at radius 2 is 0.902 bits per heavy atom. The maximum Gasteiger partial charge on any atom is 0.164 e. The van der Waals surface area contributed by atoms with Gasteiger partial charge in [-0.05, 0) is 29.3 Å². The fourth-order valence-electron chi connectivity index (χ4n) is 7.14. The van der Waals surface area contributed by atoms with E-state index in [2.05, 4.69) is 109 Å². The average Bonchev–Trinajstić information content (AvgIpc) is 3.60. The van der Waals surface area contributed by atoms with Crippen LogP contribution in [0.15, 0.2) is 170 Å². The van der Waals surface area contributed by atoms with Crippen LogP contribution in [0.3, 0.4) is 0 Å². The molecule has 0 radical (unpaired) electrons. The van der Waals surface area contributed by atoms with Crippen molar-refractivity contribution in [3.05, 3.63) is 170 Å². The van der Waals surface area contributed by atoms with Gasteiger partial charge in [-0.2, -0.15) is 0 Å². The summed E-state index contributed by atoms with van der Waals surface area (Å²) >= 11 is 1.85. The molecule has 0 unspecified atom stereocenters. The lowest BCUT2D eigenvalue weighted by Gasteiger charge is -2.12. The van der Waals surface area contributed by atoms with Gasteiger partial charge in [-0.3, -0.25) is 0 Å². The van der Waals surface area contributed by atoms with Gasteiger partial charge in [-0.15, -0.1) is 11.3 Å². The van der Waals surface area contributed by atoms with Crippen molar-refractivity contribution in [1.82, 2.24) is 19.9 Å². The highest BCUT2D eigenvalue weighted by molar-refractivity contribution is 7.26. The lowest BCUT2D eigenvalue weighted by Crippen LogP contribution is -2.00. The molecule has 0 N–H and O–H groups in total. The number of hydrogen-bond acceptors (Lipinski definition) is 5. The molecule has 0 atom stereocenters. The van der Waals surface area contributed by atoms with E-state index >= 15 is 0 Å². The molecule has 0 amide bonds. The minimum Gasteiger partial charge on any atom is -0.247 e. The van der Waals surface area contributed by atoms with Gasteiger partial charge in [-0.25, -0.2) is 19.9 Å². The molecule has 0 spiro atoms. The highest BCUT2D eigenvalue weighted by Gasteiger charge is 2.19. The molecular formula is C46H28N4S.